The topological polar surface area (TPSA) is 29.5 Å². The quantitative estimate of drug-likeness (QED) is 0.915. The highest BCUT2D eigenvalue weighted by Crippen LogP contribution is 2.36. The molecule has 2 nitrogen and oxygen atoms in total. The highest BCUT2D eigenvalue weighted by Gasteiger charge is 2.36. The fourth-order valence-corrected chi connectivity index (χ4v) is 3.58. The van der Waals surface area contributed by atoms with Crippen molar-refractivity contribution in [2.24, 2.45) is 0 Å². The summed E-state index contributed by atoms with van der Waals surface area (Å²) < 4.78 is 18.5. The number of thioether (sulfide) groups is 1. The number of ether oxygens (including phenoxy) is 1. The van der Waals surface area contributed by atoms with E-state index in [0.717, 1.165) is 24.2 Å². The summed E-state index contributed by atoms with van der Waals surface area (Å²) in [5.41, 5.74) is 0.106. The van der Waals surface area contributed by atoms with Gasteiger partial charge in [0.15, 0.2) is 11.6 Å². The maximum Gasteiger partial charge on any atom is 0.165 e. The molecule has 0 saturated carbocycles. The van der Waals surface area contributed by atoms with Crippen molar-refractivity contribution in [1.82, 2.24) is 0 Å². The Morgan fingerprint density at radius 2 is 2.33 bits per heavy atom. The predicted octanol–water partition coefficient (Wildman–Crippen LogP) is 3.02. The molecule has 1 heterocycles. The van der Waals surface area contributed by atoms with Crippen LogP contribution in [0.5, 0.6) is 5.75 Å². The normalized spacial score (nSPS) is 28.1. The summed E-state index contributed by atoms with van der Waals surface area (Å²) >= 11 is 1.79. The van der Waals surface area contributed by atoms with Crippen LogP contribution >= 0.6 is 11.8 Å². The molecule has 1 saturated heterocycles. The largest absolute Gasteiger partial charge is 0.494 e. The van der Waals surface area contributed by atoms with Crippen LogP contribution in [0.3, 0.4) is 0 Å². The maximum atomic E-state index is 13.6. The number of aliphatic hydroxyl groups is 1. The first-order valence-corrected chi connectivity index (χ1v) is 7.26. The molecule has 1 aliphatic heterocycles. The SMILES string of the molecule is COc1ccc(CC2(O)CCCSC2C)cc1F. The molecule has 2 unspecified atom stereocenters. The van der Waals surface area contributed by atoms with Crippen LogP contribution in [0.15, 0.2) is 18.2 Å². The second kappa shape index (κ2) is 5.49. The Bertz CT molecular complexity index is 424. The summed E-state index contributed by atoms with van der Waals surface area (Å²) in [7, 11) is 1.45. The third-order valence-corrected chi connectivity index (χ3v) is 5.07. The van der Waals surface area contributed by atoms with Crippen LogP contribution in [0.2, 0.25) is 0 Å². The van der Waals surface area contributed by atoms with E-state index in [-0.39, 0.29) is 16.8 Å². The molecular weight excluding hydrogens is 251 g/mol. The van der Waals surface area contributed by atoms with Gasteiger partial charge in [-0.3, -0.25) is 0 Å². The summed E-state index contributed by atoms with van der Waals surface area (Å²) in [6.45, 7) is 2.05. The average molecular weight is 270 g/mol. The molecule has 0 bridgehead atoms. The lowest BCUT2D eigenvalue weighted by molar-refractivity contribution is 0.0297. The van der Waals surface area contributed by atoms with E-state index in [1.165, 1.54) is 13.2 Å². The van der Waals surface area contributed by atoms with Crippen LogP contribution < -0.4 is 4.74 Å². The van der Waals surface area contributed by atoms with E-state index in [1.54, 1.807) is 17.8 Å². The van der Waals surface area contributed by atoms with Crippen molar-refractivity contribution in [3.8, 4) is 5.75 Å². The van der Waals surface area contributed by atoms with E-state index in [4.69, 9.17) is 4.74 Å². The maximum absolute atomic E-state index is 13.6. The zero-order valence-corrected chi connectivity index (χ0v) is 11.6. The van der Waals surface area contributed by atoms with Gasteiger partial charge >= 0.3 is 0 Å². The van der Waals surface area contributed by atoms with E-state index >= 15 is 0 Å². The molecule has 4 heteroatoms. The van der Waals surface area contributed by atoms with Crippen molar-refractivity contribution >= 4 is 11.8 Å². The summed E-state index contributed by atoms with van der Waals surface area (Å²) in [4.78, 5) is 0. The zero-order valence-electron chi connectivity index (χ0n) is 10.8. The van der Waals surface area contributed by atoms with Gasteiger partial charge in [-0.1, -0.05) is 13.0 Å². The lowest BCUT2D eigenvalue weighted by Crippen LogP contribution is -2.43. The molecule has 2 rings (SSSR count). The summed E-state index contributed by atoms with van der Waals surface area (Å²) in [6, 6.07) is 4.91. The molecular formula is C14H19FO2S. The fraction of sp³-hybridized carbons (Fsp3) is 0.571. The average Bonchev–Trinajstić information content (AvgIpc) is 2.33. The van der Waals surface area contributed by atoms with Crippen molar-refractivity contribution in [2.45, 2.75) is 37.0 Å². The number of benzene rings is 1. The smallest absolute Gasteiger partial charge is 0.165 e. The highest BCUT2D eigenvalue weighted by molar-refractivity contribution is 8.00. The molecule has 0 aromatic heterocycles. The Balaban J connectivity index is 2.15. The first-order chi connectivity index (χ1) is 8.55. The van der Waals surface area contributed by atoms with Gasteiger partial charge < -0.3 is 9.84 Å². The van der Waals surface area contributed by atoms with E-state index in [1.807, 2.05) is 13.0 Å². The van der Waals surface area contributed by atoms with E-state index in [2.05, 4.69) is 0 Å². The Kier molecular flexibility index (Phi) is 4.17. The standard InChI is InChI=1S/C14H19FO2S/c1-10-14(16,6-3-7-18-10)9-11-4-5-13(17-2)12(15)8-11/h4-5,8,10,16H,3,6-7,9H2,1-2H3. The van der Waals surface area contributed by atoms with Crippen molar-refractivity contribution in [3.05, 3.63) is 29.6 Å². The second-order valence-corrected chi connectivity index (χ2v) is 6.31. The molecule has 2 atom stereocenters. The second-order valence-electron chi connectivity index (χ2n) is 4.87. The predicted molar refractivity (Wildman–Crippen MR) is 72.8 cm³/mol. The number of hydrogen-bond acceptors (Lipinski definition) is 3. The van der Waals surface area contributed by atoms with E-state index in [9.17, 15) is 9.50 Å². The Morgan fingerprint density at radius 1 is 1.56 bits per heavy atom. The minimum Gasteiger partial charge on any atom is -0.494 e. The summed E-state index contributed by atoms with van der Waals surface area (Å²) in [5, 5.41) is 10.8. The molecule has 0 spiro atoms. The van der Waals surface area contributed by atoms with Gasteiger partial charge in [-0.05, 0) is 36.3 Å². The van der Waals surface area contributed by atoms with Crippen LogP contribution in [0.1, 0.15) is 25.3 Å². The lowest BCUT2D eigenvalue weighted by atomic mass is 9.87. The molecule has 0 amide bonds. The number of rotatable bonds is 3. The third-order valence-electron chi connectivity index (χ3n) is 3.61. The van der Waals surface area contributed by atoms with Crippen LogP contribution in [0, 0.1) is 5.82 Å². The van der Waals surface area contributed by atoms with Gasteiger partial charge in [-0.2, -0.15) is 11.8 Å². The van der Waals surface area contributed by atoms with Gasteiger partial charge in [-0.25, -0.2) is 4.39 Å². The molecule has 1 fully saturated rings. The lowest BCUT2D eigenvalue weighted by Gasteiger charge is -2.37. The van der Waals surface area contributed by atoms with Crippen LogP contribution in [0.4, 0.5) is 4.39 Å². The Morgan fingerprint density at radius 3 is 2.94 bits per heavy atom. The van der Waals surface area contributed by atoms with Crippen LogP contribution in [-0.4, -0.2) is 28.8 Å². The van der Waals surface area contributed by atoms with Gasteiger partial charge in [0.05, 0.1) is 12.7 Å². The first-order valence-electron chi connectivity index (χ1n) is 6.21. The fourth-order valence-electron chi connectivity index (χ4n) is 2.40. The van der Waals surface area contributed by atoms with Crippen molar-refractivity contribution in [2.75, 3.05) is 12.9 Å². The molecule has 18 heavy (non-hydrogen) atoms. The van der Waals surface area contributed by atoms with Gasteiger partial charge in [0, 0.05) is 11.7 Å². The number of methoxy groups -OCH3 is 1. The van der Waals surface area contributed by atoms with Crippen molar-refractivity contribution < 1.29 is 14.2 Å². The summed E-state index contributed by atoms with van der Waals surface area (Å²) in [5.74, 6) is 0.979. The highest BCUT2D eigenvalue weighted by atomic mass is 32.2. The van der Waals surface area contributed by atoms with Crippen LogP contribution in [0.25, 0.3) is 0 Å². The van der Waals surface area contributed by atoms with E-state index < -0.39 is 5.60 Å². The first kappa shape index (κ1) is 13.7. The third kappa shape index (κ3) is 2.81. The number of hydrogen-bond donors (Lipinski definition) is 1. The molecule has 1 aliphatic rings. The van der Waals surface area contributed by atoms with Gasteiger partial charge in [0.2, 0.25) is 0 Å². The van der Waals surface area contributed by atoms with Crippen molar-refractivity contribution in [3.63, 3.8) is 0 Å². The number of halogens is 1. The molecule has 0 radical (unpaired) electrons. The summed E-state index contributed by atoms with van der Waals surface area (Å²) in [6.07, 6.45) is 2.31. The zero-order chi connectivity index (χ0) is 13.2. The van der Waals surface area contributed by atoms with Gasteiger partial charge in [0.1, 0.15) is 0 Å². The molecule has 100 valence electrons. The molecule has 1 aromatic rings. The van der Waals surface area contributed by atoms with Gasteiger partial charge in [-0.15, -0.1) is 0 Å². The molecule has 1 N–H and O–H groups in total. The molecule has 0 aliphatic carbocycles. The monoisotopic (exact) mass is 270 g/mol. The van der Waals surface area contributed by atoms with Crippen molar-refractivity contribution in [1.29, 1.82) is 0 Å². The minimum absolute atomic E-state index is 0.191. The van der Waals surface area contributed by atoms with Gasteiger partial charge in [0.25, 0.3) is 0 Å². The van der Waals surface area contributed by atoms with E-state index in [0.29, 0.717) is 6.42 Å². The van der Waals surface area contributed by atoms with Crippen LogP contribution in [-0.2, 0) is 6.42 Å². The Hall–Kier alpha value is -0.740. The Labute approximate surface area is 112 Å². The molecule has 1 aromatic carbocycles. The minimum atomic E-state index is -0.718.